The monoisotopic (exact) mass is 298 g/mol. The molecule has 2 rings (SSSR count). The zero-order valence-corrected chi connectivity index (χ0v) is 11.8. The van der Waals surface area contributed by atoms with Gasteiger partial charge < -0.3 is 16.4 Å². The van der Waals surface area contributed by atoms with Gasteiger partial charge in [-0.05, 0) is 31.0 Å². The standard InChI is InChI=1S/C12H18N4O3S/c13-9-5-10(7-11(6-9)20(15,18)19)16-3-1-8(2-4-16)12(14)17/h5-8H,1-4,13H2,(H2,14,17)(H2,15,18,19). The highest BCUT2D eigenvalue weighted by Crippen LogP contribution is 2.27. The van der Waals surface area contributed by atoms with Crippen molar-refractivity contribution in [2.45, 2.75) is 17.7 Å². The van der Waals surface area contributed by atoms with Crippen LogP contribution in [0.5, 0.6) is 0 Å². The van der Waals surface area contributed by atoms with Crippen molar-refractivity contribution in [3.8, 4) is 0 Å². The number of hydrogen-bond acceptors (Lipinski definition) is 5. The topological polar surface area (TPSA) is 133 Å². The predicted octanol–water partition coefficient (Wildman–Crippen LogP) is -0.382. The normalized spacial score (nSPS) is 17.1. The molecule has 0 aliphatic carbocycles. The van der Waals surface area contributed by atoms with Crippen molar-refractivity contribution in [2.24, 2.45) is 16.8 Å². The van der Waals surface area contributed by atoms with E-state index in [1.54, 1.807) is 6.07 Å². The lowest BCUT2D eigenvalue weighted by Crippen LogP contribution is -2.38. The van der Waals surface area contributed by atoms with Gasteiger partial charge in [0.2, 0.25) is 15.9 Å². The molecule has 0 spiro atoms. The molecule has 1 heterocycles. The van der Waals surface area contributed by atoms with Gasteiger partial charge in [-0.1, -0.05) is 0 Å². The van der Waals surface area contributed by atoms with Crippen LogP contribution in [0.15, 0.2) is 23.1 Å². The van der Waals surface area contributed by atoms with Crippen molar-refractivity contribution in [1.29, 1.82) is 0 Å². The average molecular weight is 298 g/mol. The van der Waals surface area contributed by atoms with E-state index in [2.05, 4.69) is 0 Å². The Balaban J connectivity index is 2.22. The van der Waals surface area contributed by atoms with E-state index in [0.717, 1.165) is 0 Å². The predicted molar refractivity (Wildman–Crippen MR) is 76.4 cm³/mol. The number of nitrogens with two attached hydrogens (primary N) is 3. The van der Waals surface area contributed by atoms with Gasteiger partial charge >= 0.3 is 0 Å². The summed E-state index contributed by atoms with van der Waals surface area (Å²) in [5, 5.41) is 5.12. The fourth-order valence-corrected chi connectivity index (χ4v) is 2.96. The summed E-state index contributed by atoms with van der Waals surface area (Å²) >= 11 is 0. The van der Waals surface area contributed by atoms with Gasteiger partial charge in [-0.15, -0.1) is 0 Å². The van der Waals surface area contributed by atoms with Crippen molar-refractivity contribution in [3.63, 3.8) is 0 Å². The first-order valence-electron chi connectivity index (χ1n) is 6.25. The van der Waals surface area contributed by atoms with E-state index >= 15 is 0 Å². The summed E-state index contributed by atoms with van der Waals surface area (Å²) in [7, 11) is -3.79. The van der Waals surface area contributed by atoms with Crippen molar-refractivity contribution >= 4 is 27.3 Å². The number of primary amides is 1. The van der Waals surface area contributed by atoms with Crippen LogP contribution in [0.1, 0.15) is 12.8 Å². The van der Waals surface area contributed by atoms with Gasteiger partial charge in [0.1, 0.15) is 0 Å². The Labute approximate surface area is 117 Å². The van der Waals surface area contributed by atoms with Crippen LogP contribution in [-0.4, -0.2) is 27.4 Å². The Hall–Kier alpha value is -1.80. The van der Waals surface area contributed by atoms with E-state index in [1.165, 1.54) is 12.1 Å². The van der Waals surface area contributed by atoms with Crippen LogP contribution in [0.4, 0.5) is 11.4 Å². The van der Waals surface area contributed by atoms with Crippen LogP contribution < -0.4 is 21.5 Å². The summed E-state index contributed by atoms with van der Waals surface area (Å²) in [5.41, 5.74) is 12.0. The third kappa shape index (κ3) is 3.20. The first kappa shape index (κ1) is 14.6. The fourth-order valence-electron chi connectivity index (χ4n) is 2.37. The molecule has 0 unspecified atom stereocenters. The maximum atomic E-state index is 11.4. The molecule has 1 fully saturated rings. The molecule has 110 valence electrons. The lowest BCUT2D eigenvalue weighted by atomic mass is 9.96. The zero-order chi connectivity index (χ0) is 14.9. The van der Waals surface area contributed by atoms with Gasteiger partial charge in [0.05, 0.1) is 4.90 Å². The second-order valence-corrected chi connectivity index (χ2v) is 6.53. The lowest BCUT2D eigenvalue weighted by molar-refractivity contribution is -0.122. The quantitative estimate of drug-likeness (QED) is 0.654. The largest absolute Gasteiger partial charge is 0.399 e. The van der Waals surface area contributed by atoms with Crippen molar-refractivity contribution in [3.05, 3.63) is 18.2 Å². The second kappa shape index (κ2) is 5.29. The minimum Gasteiger partial charge on any atom is -0.399 e. The number of benzene rings is 1. The summed E-state index contributed by atoms with van der Waals surface area (Å²) < 4.78 is 22.8. The Bertz CT molecular complexity index is 622. The molecular weight excluding hydrogens is 280 g/mol. The summed E-state index contributed by atoms with van der Waals surface area (Å²) in [6, 6.07) is 4.52. The molecule has 0 aromatic heterocycles. The maximum Gasteiger partial charge on any atom is 0.238 e. The molecule has 7 nitrogen and oxygen atoms in total. The van der Waals surface area contributed by atoms with E-state index in [0.29, 0.717) is 37.3 Å². The zero-order valence-electron chi connectivity index (χ0n) is 11.0. The number of amides is 1. The number of rotatable bonds is 3. The van der Waals surface area contributed by atoms with Gasteiger partial charge in [0.25, 0.3) is 0 Å². The van der Waals surface area contributed by atoms with Crippen LogP contribution in [0.25, 0.3) is 0 Å². The number of nitrogen functional groups attached to an aromatic ring is 1. The molecule has 6 N–H and O–H groups in total. The molecule has 1 aromatic carbocycles. The Morgan fingerprint density at radius 3 is 2.30 bits per heavy atom. The molecule has 0 bridgehead atoms. The Kier molecular flexibility index (Phi) is 3.87. The second-order valence-electron chi connectivity index (χ2n) is 4.97. The molecule has 8 heteroatoms. The van der Waals surface area contributed by atoms with Gasteiger partial charge in [-0.3, -0.25) is 4.79 Å². The molecule has 1 aliphatic rings. The smallest absolute Gasteiger partial charge is 0.238 e. The number of carbonyl (C=O) groups is 1. The Morgan fingerprint density at radius 2 is 1.80 bits per heavy atom. The molecule has 1 amide bonds. The molecule has 1 aliphatic heterocycles. The minimum absolute atomic E-state index is 0.00970. The number of anilines is 2. The van der Waals surface area contributed by atoms with E-state index in [4.69, 9.17) is 16.6 Å². The number of nitrogens with zero attached hydrogens (tertiary/aromatic N) is 1. The fraction of sp³-hybridized carbons (Fsp3) is 0.417. The van der Waals surface area contributed by atoms with Crippen LogP contribution in [-0.2, 0) is 14.8 Å². The van der Waals surface area contributed by atoms with Gasteiger partial charge in [-0.25, -0.2) is 13.6 Å². The average Bonchev–Trinajstić information content (AvgIpc) is 2.37. The molecule has 1 aromatic rings. The van der Waals surface area contributed by atoms with E-state index in [-0.39, 0.29) is 16.7 Å². The third-order valence-corrected chi connectivity index (χ3v) is 4.40. The molecular formula is C12H18N4O3S. The summed E-state index contributed by atoms with van der Waals surface area (Å²) in [6.45, 7) is 1.25. The number of primary sulfonamides is 1. The minimum atomic E-state index is -3.79. The SMILES string of the molecule is NC(=O)C1CCN(c2cc(N)cc(S(N)(=O)=O)c2)CC1. The summed E-state index contributed by atoms with van der Waals surface area (Å²) in [6.07, 6.45) is 1.30. The van der Waals surface area contributed by atoms with Crippen molar-refractivity contribution < 1.29 is 13.2 Å². The molecule has 1 saturated heterocycles. The van der Waals surface area contributed by atoms with Gasteiger partial charge in [0, 0.05) is 30.4 Å². The number of hydrogen-bond donors (Lipinski definition) is 3. The van der Waals surface area contributed by atoms with Crippen LogP contribution in [0, 0.1) is 5.92 Å². The van der Waals surface area contributed by atoms with E-state index in [9.17, 15) is 13.2 Å². The van der Waals surface area contributed by atoms with Crippen LogP contribution >= 0.6 is 0 Å². The number of piperidine rings is 1. The van der Waals surface area contributed by atoms with Crippen LogP contribution in [0.3, 0.4) is 0 Å². The summed E-state index contributed by atoms with van der Waals surface area (Å²) in [5.74, 6) is -0.410. The molecule has 20 heavy (non-hydrogen) atoms. The number of carbonyl (C=O) groups excluding carboxylic acids is 1. The third-order valence-electron chi connectivity index (χ3n) is 3.50. The Morgan fingerprint density at radius 1 is 1.20 bits per heavy atom. The summed E-state index contributed by atoms with van der Waals surface area (Å²) in [4.78, 5) is 13.1. The molecule has 0 saturated carbocycles. The maximum absolute atomic E-state index is 11.4. The lowest BCUT2D eigenvalue weighted by Gasteiger charge is -2.32. The van der Waals surface area contributed by atoms with E-state index in [1.807, 2.05) is 4.90 Å². The number of sulfonamides is 1. The highest BCUT2D eigenvalue weighted by molar-refractivity contribution is 7.89. The van der Waals surface area contributed by atoms with Crippen molar-refractivity contribution in [1.82, 2.24) is 0 Å². The first-order chi connectivity index (χ1) is 9.27. The van der Waals surface area contributed by atoms with Gasteiger partial charge in [-0.2, -0.15) is 0 Å². The highest BCUT2D eigenvalue weighted by atomic mass is 32.2. The van der Waals surface area contributed by atoms with Gasteiger partial charge in [0.15, 0.2) is 0 Å². The molecule has 0 radical (unpaired) electrons. The highest BCUT2D eigenvalue weighted by Gasteiger charge is 2.24. The molecule has 0 atom stereocenters. The first-order valence-corrected chi connectivity index (χ1v) is 7.79. The van der Waals surface area contributed by atoms with Crippen LogP contribution in [0.2, 0.25) is 0 Å². The van der Waals surface area contributed by atoms with Crippen molar-refractivity contribution in [2.75, 3.05) is 23.7 Å². The van der Waals surface area contributed by atoms with E-state index < -0.39 is 10.0 Å².